The molecule has 2 aromatic rings. The lowest BCUT2D eigenvalue weighted by Crippen LogP contribution is -2.59. The minimum absolute atomic E-state index is 0.125. The second-order valence-electron chi connectivity index (χ2n) is 4.96. The summed E-state index contributed by atoms with van der Waals surface area (Å²) in [6.07, 6.45) is -6.59. The molecule has 2 rings (SSSR count). The summed E-state index contributed by atoms with van der Waals surface area (Å²) >= 11 is 0. The van der Waals surface area contributed by atoms with Gasteiger partial charge >= 0.3 is 23.9 Å². The predicted molar refractivity (Wildman–Crippen MR) is 76.0 cm³/mol. The fourth-order valence-corrected chi connectivity index (χ4v) is 1.99. The van der Waals surface area contributed by atoms with Crippen LogP contribution in [-0.2, 0) is 4.79 Å². The number of alkyl halides is 7. The lowest BCUT2D eigenvalue weighted by molar-refractivity contribution is -0.343. The van der Waals surface area contributed by atoms with Gasteiger partial charge in [0.1, 0.15) is 0 Å². The maximum absolute atomic E-state index is 13.9. The highest BCUT2D eigenvalue weighted by atomic mass is 19.4. The third kappa shape index (κ3) is 3.31. The van der Waals surface area contributed by atoms with Crippen LogP contribution in [0.3, 0.4) is 0 Å². The molecule has 2 nitrogen and oxygen atoms in total. The van der Waals surface area contributed by atoms with Crippen LogP contribution in [0.1, 0.15) is 0 Å². The molecular weight excluding hydrogens is 355 g/mol. The summed E-state index contributed by atoms with van der Waals surface area (Å²) in [6, 6.07) is 12.7. The van der Waals surface area contributed by atoms with Gasteiger partial charge in [-0.3, -0.25) is 9.69 Å². The number of hydrogen-bond donors (Lipinski definition) is 0. The molecule has 1 amide bonds. The second-order valence-corrected chi connectivity index (χ2v) is 4.96. The van der Waals surface area contributed by atoms with Gasteiger partial charge in [-0.1, -0.05) is 36.4 Å². The maximum Gasteiger partial charge on any atom is 0.460 e. The lowest BCUT2D eigenvalue weighted by atomic mass is 10.1. The number of para-hydroxylation sites is 2. The number of rotatable bonds is 4. The molecule has 0 aliphatic carbocycles. The fourth-order valence-electron chi connectivity index (χ4n) is 1.99. The first kappa shape index (κ1) is 18.8. The molecule has 9 heteroatoms. The SMILES string of the molecule is O=C(N(c1ccccc1)c1ccccc1)C(F)(F)C(F)(F)C(F)(F)F. The zero-order chi connectivity index (χ0) is 18.9. The Morgan fingerprint density at radius 1 is 0.680 bits per heavy atom. The van der Waals surface area contributed by atoms with Crippen molar-refractivity contribution in [2.75, 3.05) is 4.90 Å². The first-order valence-corrected chi connectivity index (χ1v) is 6.77. The normalized spacial score (nSPS) is 12.8. The van der Waals surface area contributed by atoms with Gasteiger partial charge in [-0.05, 0) is 24.3 Å². The molecule has 0 fully saturated rings. The topological polar surface area (TPSA) is 20.3 Å². The van der Waals surface area contributed by atoms with Crippen molar-refractivity contribution in [1.29, 1.82) is 0 Å². The summed E-state index contributed by atoms with van der Waals surface area (Å²) in [6.45, 7) is 0. The fraction of sp³-hybridized carbons (Fsp3) is 0.188. The van der Waals surface area contributed by atoms with Gasteiger partial charge in [0.2, 0.25) is 0 Å². The van der Waals surface area contributed by atoms with Crippen molar-refractivity contribution in [3.8, 4) is 0 Å². The van der Waals surface area contributed by atoms with E-state index in [1.807, 2.05) is 0 Å². The zero-order valence-electron chi connectivity index (χ0n) is 12.3. The number of amides is 1. The molecule has 2 aromatic carbocycles. The number of anilines is 2. The van der Waals surface area contributed by atoms with Gasteiger partial charge in [0.05, 0.1) is 0 Å². The number of carbonyl (C=O) groups is 1. The molecule has 0 N–H and O–H groups in total. The Morgan fingerprint density at radius 3 is 1.36 bits per heavy atom. The van der Waals surface area contributed by atoms with Crippen molar-refractivity contribution >= 4 is 17.3 Å². The molecule has 0 aromatic heterocycles. The van der Waals surface area contributed by atoms with Crippen LogP contribution in [0.2, 0.25) is 0 Å². The number of hydrogen-bond acceptors (Lipinski definition) is 1. The van der Waals surface area contributed by atoms with Gasteiger partial charge in [-0.15, -0.1) is 0 Å². The third-order valence-electron chi connectivity index (χ3n) is 3.25. The van der Waals surface area contributed by atoms with Crippen LogP contribution in [0.25, 0.3) is 0 Å². The molecule has 134 valence electrons. The average Bonchev–Trinajstić information content (AvgIpc) is 2.55. The van der Waals surface area contributed by atoms with Crippen molar-refractivity contribution in [1.82, 2.24) is 0 Å². The Hall–Kier alpha value is -2.58. The monoisotopic (exact) mass is 365 g/mol. The predicted octanol–water partition coefficient (Wildman–Crippen LogP) is 5.18. The molecule has 0 unspecified atom stereocenters. The van der Waals surface area contributed by atoms with E-state index >= 15 is 0 Å². The summed E-state index contributed by atoms with van der Waals surface area (Å²) in [7, 11) is 0. The van der Waals surface area contributed by atoms with E-state index < -0.39 is 23.9 Å². The molecule has 25 heavy (non-hydrogen) atoms. The van der Waals surface area contributed by atoms with Crippen LogP contribution in [0, 0.1) is 0 Å². The minimum Gasteiger partial charge on any atom is -0.276 e. The molecule has 0 bridgehead atoms. The van der Waals surface area contributed by atoms with Crippen molar-refractivity contribution in [2.24, 2.45) is 0 Å². The van der Waals surface area contributed by atoms with Gasteiger partial charge in [0.15, 0.2) is 0 Å². The van der Waals surface area contributed by atoms with Gasteiger partial charge in [0.25, 0.3) is 0 Å². The summed E-state index contributed by atoms with van der Waals surface area (Å²) in [5.74, 6) is -15.2. The van der Waals surface area contributed by atoms with E-state index in [0.29, 0.717) is 0 Å². The molecule has 0 heterocycles. The number of halogens is 7. The van der Waals surface area contributed by atoms with Crippen LogP contribution in [0.15, 0.2) is 60.7 Å². The van der Waals surface area contributed by atoms with E-state index in [1.165, 1.54) is 36.4 Å². The first-order chi connectivity index (χ1) is 11.5. The number of nitrogens with zero attached hydrogens (tertiary/aromatic N) is 1. The highest BCUT2D eigenvalue weighted by Gasteiger charge is 2.77. The Bertz CT molecular complexity index is 690. The van der Waals surface area contributed by atoms with Crippen LogP contribution in [-0.4, -0.2) is 23.9 Å². The molecule has 0 aliphatic rings. The summed E-state index contributed by atoms with van der Waals surface area (Å²) in [4.78, 5) is 12.2. The number of carbonyl (C=O) groups excluding carboxylic acids is 1. The molecule has 0 saturated carbocycles. The highest BCUT2D eigenvalue weighted by Crippen LogP contribution is 2.48. The van der Waals surface area contributed by atoms with E-state index in [4.69, 9.17) is 0 Å². The minimum atomic E-state index is -6.59. The van der Waals surface area contributed by atoms with Crippen LogP contribution in [0.5, 0.6) is 0 Å². The van der Waals surface area contributed by atoms with Crippen molar-refractivity contribution in [3.63, 3.8) is 0 Å². The van der Waals surface area contributed by atoms with E-state index in [9.17, 15) is 35.5 Å². The van der Waals surface area contributed by atoms with E-state index in [2.05, 4.69) is 0 Å². The summed E-state index contributed by atoms with van der Waals surface area (Å²) in [5, 5.41) is 0. The smallest absolute Gasteiger partial charge is 0.276 e. The van der Waals surface area contributed by atoms with Gasteiger partial charge in [-0.2, -0.15) is 30.7 Å². The van der Waals surface area contributed by atoms with E-state index in [1.54, 1.807) is 0 Å². The third-order valence-corrected chi connectivity index (χ3v) is 3.25. The maximum atomic E-state index is 13.9. The van der Waals surface area contributed by atoms with Crippen molar-refractivity contribution in [3.05, 3.63) is 60.7 Å². The van der Waals surface area contributed by atoms with Crippen LogP contribution >= 0.6 is 0 Å². The molecule has 0 radical (unpaired) electrons. The molecule has 0 saturated heterocycles. The Morgan fingerprint density at radius 2 is 1.04 bits per heavy atom. The second kappa shape index (κ2) is 6.38. The Kier molecular flexibility index (Phi) is 4.79. The van der Waals surface area contributed by atoms with Gasteiger partial charge < -0.3 is 0 Å². The largest absolute Gasteiger partial charge is 0.460 e. The molecule has 0 spiro atoms. The lowest BCUT2D eigenvalue weighted by Gasteiger charge is -2.32. The Balaban J connectivity index is 2.57. The van der Waals surface area contributed by atoms with Crippen LogP contribution < -0.4 is 4.90 Å². The van der Waals surface area contributed by atoms with Crippen molar-refractivity contribution in [2.45, 2.75) is 18.0 Å². The molecule has 0 atom stereocenters. The van der Waals surface area contributed by atoms with Crippen molar-refractivity contribution < 1.29 is 35.5 Å². The average molecular weight is 365 g/mol. The van der Waals surface area contributed by atoms with Crippen LogP contribution in [0.4, 0.5) is 42.1 Å². The molecular formula is C16H10F7NO. The first-order valence-electron chi connectivity index (χ1n) is 6.77. The Labute approximate surface area is 137 Å². The standard InChI is InChI=1S/C16H10F7NO/c17-14(18,15(19,20)16(21,22)23)13(25)24(11-7-3-1-4-8-11)12-9-5-2-6-10-12/h1-10H. The number of benzene rings is 2. The highest BCUT2D eigenvalue weighted by molar-refractivity contribution is 6.05. The van der Waals surface area contributed by atoms with E-state index in [0.717, 1.165) is 24.3 Å². The summed E-state index contributed by atoms with van der Waals surface area (Å²) in [5.41, 5.74) is -0.562. The van der Waals surface area contributed by atoms with E-state index in [-0.39, 0.29) is 16.3 Å². The quantitative estimate of drug-likeness (QED) is 0.684. The summed E-state index contributed by atoms with van der Waals surface area (Å²) < 4.78 is 91.2. The van der Waals surface area contributed by atoms with Gasteiger partial charge in [-0.25, -0.2) is 0 Å². The zero-order valence-corrected chi connectivity index (χ0v) is 12.3. The molecule has 0 aliphatic heterocycles. The van der Waals surface area contributed by atoms with Gasteiger partial charge in [0, 0.05) is 11.4 Å².